The van der Waals surface area contributed by atoms with Crippen LogP contribution in [0.25, 0.3) is 0 Å². The van der Waals surface area contributed by atoms with E-state index in [4.69, 9.17) is 16.3 Å². The van der Waals surface area contributed by atoms with Crippen molar-refractivity contribution in [2.24, 2.45) is 7.05 Å². The molecule has 128 valence electrons. The fourth-order valence-corrected chi connectivity index (χ4v) is 3.10. The van der Waals surface area contributed by atoms with Gasteiger partial charge in [0.15, 0.2) is 0 Å². The van der Waals surface area contributed by atoms with Gasteiger partial charge in [-0.1, -0.05) is 17.7 Å². The van der Waals surface area contributed by atoms with Crippen LogP contribution < -0.4 is 9.64 Å². The molecule has 2 aromatic rings. The van der Waals surface area contributed by atoms with Gasteiger partial charge in [-0.2, -0.15) is 4.98 Å². The van der Waals surface area contributed by atoms with E-state index in [1.165, 1.54) is 0 Å². The van der Waals surface area contributed by atoms with Crippen molar-refractivity contribution in [3.8, 4) is 5.88 Å². The molecule has 1 saturated heterocycles. The normalized spacial score (nSPS) is 14.8. The van der Waals surface area contributed by atoms with Gasteiger partial charge in [-0.25, -0.2) is 0 Å². The Morgan fingerprint density at radius 2 is 2.04 bits per heavy atom. The van der Waals surface area contributed by atoms with Crippen molar-refractivity contribution < 1.29 is 9.53 Å². The third-order valence-electron chi connectivity index (χ3n) is 4.08. The Balaban J connectivity index is 1.64. The standard InChI is InChI=1S/C17H21ClN4O2/c1-3-24-16-6-4-5-15(19-16)21-7-9-22(10-8-21)17(23)14-11-13(18)12-20(14)2/h4-6,11-12H,3,7-10H2,1-2H3. The summed E-state index contributed by atoms with van der Waals surface area (Å²) >= 11 is 5.97. The van der Waals surface area contributed by atoms with Crippen LogP contribution in [0.5, 0.6) is 5.88 Å². The number of anilines is 1. The number of hydrogen-bond donors (Lipinski definition) is 0. The summed E-state index contributed by atoms with van der Waals surface area (Å²) in [7, 11) is 1.83. The van der Waals surface area contributed by atoms with E-state index in [-0.39, 0.29) is 5.91 Å². The number of aromatic nitrogens is 2. The number of carbonyl (C=O) groups excluding carboxylic acids is 1. The molecule has 7 heteroatoms. The molecule has 3 rings (SSSR count). The zero-order valence-electron chi connectivity index (χ0n) is 13.9. The highest BCUT2D eigenvalue weighted by Gasteiger charge is 2.24. The lowest BCUT2D eigenvalue weighted by Crippen LogP contribution is -2.49. The summed E-state index contributed by atoms with van der Waals surface area (Å²) in [5, 5.41) is 0.580. The molecule has 1 aliphatic heterocycles. The Morgan fingerprint density at radius 3 is 2.67 bits per heavy atom. The minimum absolute atomic E-state index is 0.0140. The van der Waals surface area contributed by atoms with E-state index >= 15 is 0 Å². The molecule has 3 heterocycles. The van der Waals surface area contributed by atoms with Crippen molar-refractivity contribution in [2.75, 3.05) is 37.7 Å². The van der Waals surface area contributed by atoms with Gasteiger partial charge >= 0.3 is 0 Å². The van der Waals surface area contributed by atoms with Crippen molar-refractivity contribution >= 4 is 23.3 Å². The van der Waals surface area contributed by atoms with E-state index in [0.29, 0.717) is 36.3 Å². The zero-order chi connectivity index (χ0) is 17.1. The van der Waals surface area contributed by atoms with Crippen LogP contribution in [0.1, 0.15) is 17.4 Å². The molecule has 1 fully saturated rings. The minimum Gasteiger partial charge on any atom is -0.478 e. The first-order valence-electron chi connectivity index (χ1n) is 8.04. The van der Waals surface area contributed by atoms with Crippen LogP contribution in [0.2, 0.25) is 5.02 Å². The molecule has 2 aromatic heterocycles. The molecule has 0 atom stereocenters. The van der Waals surface area contributed by atoms with E-state index in [0.717, 1.165) is 18.9 Å². The molecule has 1 amide bonds. The van der Waals surface area contributed by atoms with Gasteiger partial charge in [-0.3, -0.25) is 4.79 Å². The van der Waals surface area contributed by atoms with Gasteiger partial charge in [0.1, 0.15) is 11.5 Å². The topological polar surface area (TPSA) is 50.6 Å². The van der Waals surface area contributed by atoms with Crippen LogP contribution in [0.15, 0.2) is 30.5 Å². The predicted octanol–water partition coefficient (Wildman–Crippen LogP) is 2.43. The SMILES string of the molecule is CCOc1cccc(N2CCN(C(=O)c3cc(Cl)cn3C)CC2)n1. The average molecular weight is 349 g/mol. The summed E-state index contributed by atoms with van der Waals surface area (Å²) in [5.41, 5.74) is 0.616. The lowest BCUT2D eigenvalue weighted by molar-refractivity contribution is 0.0737. The smallest absolute Gasteiger partial charge is 0.270 e. The molecule has 0 N–H and O–H groups in total. The Hall–Kier alpha value is -2.21. The first kappa shape index (κ1) is 16.6. The first-order valence-corrected chi connectivity index (χ1v) is 8.42. The van der Waals surface area contributed by atoms with Crippen LogP contribution in [-0.4, -0.2) is 53.1 Å². The van der Waals surface area contributed by atoms with Crippen LogP contribution in [0.4, 0.5) is 5.82 Å². The van der Waals surface area contributed by atoms with E-state index in [1.807, 2.05) is 37.1 Å². The number of aryl methyl sites for hydroxylation is 1. The molecule has 0 aliphatic carbocycles. The van der Waals surface area contributed by atoms with E-state index in [1.54, 1.807) is 16.8 Å². The van der Waals surface area contributed by atoms with Crippen molar-refractivity contribution in [2.45, 2.75) is 6.92 Å². The predicted molar refractivity (Wildman–Crippen MR) is 93.9 cm³/mol. The summed E-state index contributed by atoms with van der Waals surface area (Å²) in [5.74, 6) is 1.53. The Labute approximate surface area is 146 Å². The molecule has 0 radical (unpaired) electrons. The molecule has 1 aliphatic rings. The van der Waals surface area contributed by atoms with Crippen molar-refractivity contribution in [3.05, 3.63) is 41.2 Å². The maximum Gasteiger partial charge on any atom is 0.270 e. The minimum atomic E-state index is 0.0140. The Kier molecular flexibility index (Phi) is 4.94. The summed E-state index contributed by atoms with van der Waals surface area (Å²) in [4.78, 5) is 21.1. The van der Waals surface area contributed by atoms with E-state index < -0.39 is 0 Å². The van der Waals surface area contributed by atoms with E-state index in [9.17, 15) is 4.79 Å². The van der Waals surface area contributed by atoms with Crippen LogP contribution in [0, 0.1) is 0 Å². The highest BCUT2D eigenvalue weighted by Crippen LogP contribution is 2.19. The largest absolute Gasteiger partial charge is 0.478 e. The number of halogens is 1. The van der Waals surface area contributed by atoms with Crippen molar-refractivity contribution in [1.29, 1.82) is 0 Å². The third-order valence-corrected chi connectivity index (χ3v) is 4.29. The maximum absolute atomic E-state index is 12.6. The van der Waals surface area contributed by atoms with Gasteiger partial charge in [0.25, 0.3) is 5.91 Å². The van der Waals surface area contributed by atoms with Crippen LogP contribution in [0.3, 0.4) is 0 Å². The summed E-state index contributed by atoms with van der Waals surface area (Å²) in [6.45, 7) is 5.33. The molecule has 0 aromatic carbocycles. The number of rotatable bonds is 4. The summed E-state index contributed by atoms with van der Waals surface area (Å²) in [6.07, 6.45) is 1.74. The second-order valence-electron chi connectivity index (χ2n) is 5.70. The molecule has 0 unspecified atom stereocenters. The number of piperazine rings is 1. The highest BCUT2D eigenvalue weighted by atomic mass is 35.5. The molecular formula is C17H21ClN4O2. The number of carbonyl (C=O) groups is 1. The van der Waals surface area contributed by atoms with Crippen LogP contribution in [-0.2, 0) is 7.05 Å². The lowest BCUT2D eigenvalue weighted by Gasteiger charge is -2.35. The lowest BCUT2D eigenvalue weighted by atomic mass is 10.2. The molecule has 0 saturated carbocycles. The van der Waals surface area contributed by atoms with Gasteiger partial charge in [0.2, 0.25) is 5.88 Å². The van der Waals surface area contributed by atoms with Crippen molar-refractivity contribution in [3.63, 3.8) is 0 Å². The Morgan fingerprint density at radius 1 is 1.29 bits per heavy atom. The Bertz CT molecular complexity index is 723. The molecule has 6 nitrogen and oxygen atoms in total. The second kappa shape index (κ2) is 7.13. The number of amides is 1. The number of nitrogens with zero attached hydrogens (tertiary/aromatic N) is 4. The highest BCUT2D eigenvalue weighted by molar-refractivity contribution is 6.31. The van der Waals surface area contributed by atoms with Gasteiger partial charge in [0, 0.05) is 45.5 Å². The average Bonchev–Trinajstić information content (AvgIpc) is 2.93. The van der Waals surface area contributed by atoms with Gasteiger partial charge in [-0.05, 0) is 19.1 Å². The molecule has 0 spiro atoms. The van der Waals surface area contributed by atoms with Crippen molar-refractivity contribution in [1.82, 2.24) is 14.5 Å². The number of hydrogen-bond acceptors (Lipinski definition) is 4. The number of ether oxygens (including phenoxy) is 1. The first-order chi connectivity index (χ1) is 11.6. The van der Waals surface area contributed by atoms with Gasteiger partial charge < -0.3 is 19.1 Å². The molecule has 0 bridgehead atoms. The summed E-state index contributed by atoms with van der Waals surface area (Å²) in [6, 6.07) is 7.48. The summed E-state index contributed by atoms with van der Waals surface area (Å²) < 4.78 is 7.22. The molecule has 24 heavy (non-hydrogen) atoms. The fraction of sp³-hybridized carbons (Fsp3) is 0.412. The van der Waals surface area contributed by atoms with Gasteiger partial charge in [-0.15, -0.1) is 0 Å². The molecular weight excluding hydrogens is 328 g/mol. The quantitative estimate of drug-likeness (QED) is 0.851. The van der Waals surface area contributed by atoms with E-state index in [2.05, 4.69) is 9.88 Å². The monoisotopic (exact) mass is 348 g/mol. The second-order valence-corrected chi connectivity index (χ2v) is 6.14. The zero-order valence-corrected chi connectivity index (χ0v) is 14.7. The van der Waals surface area contributed by atoms with Crippen LogP contribution >= 0.6 is 11.6 Å². The maximum atomic E-state index is 12.6. The number of pyridine rings is 1. The third kappa shape index (κ3) is 3.48. The fourth-order valence-electron chi connectivity index (χ4n) is 2.85. The van der Waals surface area contributed by atoms with Gasteiger partial charge in [0.05, 0.1) is 11.6 Å².